The summed E-state index contributed by atoms with van der Waals surface area (Å²) in [4.78, 5) is 19.0. The lowest BCUT2D eigenvalue weighted by Crippen LogP contribution is -2.13. The molecule has 14 heavy (non-hydrogen) atoms. The van der Waals surface area contributed by atoms with Gasteiger partial charge in [-0.1, -0.05) is 0 Å². The van der Waals surface area contributed by atoms with E-state index in [0.717, 1.165) is 0 Å². The molecule has 2 heterocycles. The zero-order valence-electron chi connectivity index (χ0n) is 7.14. The third-order valence-corrected chi connectivity index (χ3v) is 1.56. The molecule has 0 aliphatic heterocycles. The molecule has 0 spiro atoms. The molecule has 2 aromatic rings. The first-order valence-electron chi connectivity index (χ1n) is 3.93. The summed E-state index contributed by atoms with van der Waals surface area (Å²) in [5, 5.41) is 8.90. The number of nitrogens with one attached hydrogen (secondary N) is 2. The predicted molar refractivity (Wildman–Crippen MR) is 48.6 cm³/mol. The summed E-state index contributed by atoms with van der Waals surface area (Å²) in [5.74, 6) is 0.241. The number of carbonyl (C=O) groups excluding carboxylic acids is 1. The molecule has 1 amide bonds. The van der Waals surface area contributed by atoms with Crippen molar-refractivity contribution in [2.75, 3.05) is 5.32 Å². The number of hydrogen-bond donors (Lipinski definition) is 2. The second kappa shape index (κ2) is 3.65. The standard InChI is InChI=1S/C8H7N5O/c14-8(6-1-3-9-5-10-6)12-7-2-4-11-13-7/h1-5H,(H2,11,12,13,14). The number of anilines is 1. The highest BCUT2D eigenvalue weighted by Crippen LogP contribution is 2.01. The second-order valence-electron chi connectivity index (χ2n) is 2.52. The molecule has 0 bridgehead atoms. The predicted octanol–water partition coefficient (Wildman–Crippen LogP) is 0.452. The Bertz CT molecular complexity index is 411. The molecule has 2 aromatic heterocycles. The molecule has 0 aliphatic carbocycles. The van der Waals surface area contributed by atoms with Gasteiger partial charge in [0.2, 0.25) is 0 Å². The molecule has 0 aromatic carbocycles. The summed E-state index contributed by atoms with van der Waals surface area (Å²) in [6.45, 7) is 0. The average molecular weight is 189 g/mol. The first-order chi connectivity index (χ1) is 6.86. The summed E-state index contributed by atoms with van der Waals surface area (Å²) in [6.07, 6.45) is 4.38. The van der Waals surface area contributed by atoms with Gasteiger partial charge in [-0.3, -0.25) is 9.89 Å². The largest absolute Gasteiger partial charge is 0.306 e. The minimum absolute atomic E-state index is 0.295. The van der Waals surface area contributed by atoms with Crippen LogP contribution in [0.15, 0.2) is 30.9 Å². The van der Waals surface area contributed by atoms with Crippen molar-refractivity contribution in [1.82, 2.24) is 20.2 Å². The van der Waals surface area contributed by atoms with Crippen molar-refractivity contribution >= 4 is 11.7 Å². The maximum Gasteiger partial charge on any atom is 0.275 e. The van der Waals surface area contributed by atoms with E-state index in [1.807, 2.05) is 0 Å². The van der Waals surface area contributed by atoms with Gasteiger partial charge >= 0.3 is 0 Å². The van der Waals surface area contributed by atoms with Crippen LogP contribution in [-0.2, 0) is 0 Å². The minimum atomic E-state index is -0.295. The van der Waals surface area contributed by atoms with Gasteiger partial charge in [0, 0.05) is 12.3 Å². The third-order valence-electron chi connectivity index (χ3n) is 1.56. The van der Waals surface area contributed by atoms with E-state index in [0.29, 0.717) is 11.5 Å². The monoisotopic (exact) mass is 189 g/mol. The summed E-state index contributed by atoms with van der Waals surface area (Å²) in [5.41, 5.74) is 0.314. The maximum atomic E-state index is 11.5. The Kier molecular flexibility index (Phi) is 2.18. The number of carbonyl (C=O) groups is 1. The van der Waals surface area contributed by atoms with E-state index in [4.69, 9.17) is 0 Å². The lowest BCUT2D eigenvalue weighted by Gasteiger charge is -1.99. The van der Waals surface area contributed by atoms with Gasteiger partial charge in [-0.05, 0) is 6.07 Å². The molecule has 0 fully saturated rings. The molecule has 6 heteroatoms. The highest BCUT2D eigenvalue weighted by molar-refractivity contribution is 6.02. The Morgan fingerprint density at radius 2 is 2.29 bits per heavy atom. The van der Waals surface area contributed by atoms with Crippen LogP contribution in [0, 0.1) is 0 Å². The molecule has 0 unspecified atom stereocenters. The van der Waals surface area contributed by atoms with Crippen molar-refractivity contribution < 1.29 is 4.79 Å². The van der Waals surface area contributed by atoms with Crippen LogP contribution in [0.4, 0.5) is 5.82 Å². The van der Waals surface area contributed by atoms with Gasteiger partial charge in [-0.15, -0.1) is 0 Å². The van der Waals surface area contributed by atoms with E-state index in [-0.39, 0.29) is 5.91 Å². The van der Waals surface area contributed by atoms with Crippen molar-refractivity contribution in [1.29, 1.82) is 0 Å². The Morgan fingerprint density at radius 3 is 2.93 bits per heavy atom. The zero-order valence-corrected chi connectivity index (χ0v) is 7.14. The molecule has 0 atom stereocenters. The van der Waals surface area contributed by atoms with Crippen molar-refractivity contribution in [3.63, 3.8) is 0 Å². The first-order valence-corrected chi connectivity index (χ1v) is 3.93. The van der Waals surface area contributed by atoms with Gasteiger partial charge in [0.15, 0.2) is 0 Å². The lowest BCUT2D eigenvalue weighted by molar-refractivity contribution is 0.102. The van der Waals surface area contributed by atoms with E-state index in [9.17, 15) is 4.79 Å². The number of amides is 1. The van der Waals surface area contributed by atoms with Crippen LogP contribution >= 0.6 is 0 Å². The average Bonchev–Trinajstić information content (AvgIpc) is 2.72. The van der Waals surface area contributed by atoms with Crippen LogP contribution in [-0.4, -0.2) is 26.1 Å². The number of H-pyrrole nitrogens is 1. The Balaban J connectivity index is 2.11. The number of rotatable bonds is 2. The molecule has 0 saturated carbocycles. The smallest absolute Gasteiger partial charge is 0.275 e. The second-order valence-corrected chi connectivity index (χ2v) is 2.52. The number of aromatic amines is 1. The van der Waals surface area contributed by atoms with E-state index in [1.165, 1.54) is 18.6 Å². The highest BCUT2D eigenvalue weighted by Gasteiger charge is 2.06. The normalized spacial score (nSPS) is 9.71. The summed E-state index contributed by atoms with van der Waals surface area (Å²) >= 11 is 0. The van der Waals surface area contributed by atoms with Crippen LogP contribution in [0.2, 0.25) is 0 Å². The van der Waals surface area contributed by atoms with Crippen molar-refractivity contribution in [3.8, 4) is 0 Å². The summed E-state index contributed by atoms with van der Waals surface area (Å²) in [7, 11) is 0. The molecule has 0 radical (unpaired) electrons. The van der Waals surface area contributed by atoms with Crippen LogP contribution in [0.25, 0.3) is 0 Å². The van der Waals surface area contributed by atoms with Crippen LogP contribution in [0.3, 0.4) is 0 Å². The Morgan fingerprint density at radius 1 is 1.36 bits per heavy atom. The molecule has 70 valence electrons. The van der Waals surface area contributed by atoms with Crippen molar-refractivity contribution in [2.45, 2.75) is 0 Å². The van der Waals surface area contributed by atoms with Gasteiger partial charge in [0.05, 0.1) is 6.20 Å². The Labute approximate surface area is 79.4 Å². The third kappa shape index (κ3) is 1.74. The fourth-order valence-corrected chi connectivity index (χ4v) is 0.937. The van der Waals surface area contributed by atoms with Gasteiger partial charge in [0.1, 0.15) is 17.8 Å². The molecule has 2 rings (SSSR count). The molecular weight excluding hydrogens is 182 g/mol. The van der Waals surface area contributed by atoms with Gasteiger partial charge in [0.25, 0.3) is 5.91 Å². The van der Waals surface area contributed by atoms with E-state index >= 15 is 0 Å². The lowest BCUT2D eigenvalue weighted by atomic mass is 10.4. The molecule has 0 saturated heterocycles. The van der Waals surface area contributed by atoms with Gasteiger partial charge < -0.3 is 5.32 Å². The maximum absolute atomic E-state index is 11.5. The fourth-order valence-electron chi connectivity index (χ4n) is 0.937. The Hall–Kier alpha value is -2.24. The van der Waals surface area contributed by atoms with Crippen LogP contribution in [0.1, 0.15) is 10.5 Å². The van der Waals surface area contributed by atoms with Crippen molar-refractivity contribution in [2.24, 2.45) is 0 Å². The summed E-state index contributed by atoms with van der Waals surface area (Å²) in [6, 6.07) is 3.19. The number of hydrogen-bond acceptors (Lipinski definition) is 4. The van der Waals surface area contributed by atoms with E-state index in [1.54, 1.807) is 12.3 Å². The van der Waals surface area contributed by atoms with E-state index < -0.39 is 0 Å². The van der Waals surface area contributed by atoms with Gasteiger partial charge in [-0.2, -0.15) is 5.10 Å². The summed E-state index contributed by atoms with van der Waals surface area (Å²) < 4.78 is 0. The molecular formula is C8H7N5O. The quantitative estimate of drug-likeness (QED) is 0.718. The molecule has 0 aliphatic rings. The van der Waals surface area contributed by atoms with E-state index in [2.05, 4.69) is 25.5 Å². The number of aromatic nitrogens is 4. The highest BCUT2D eigenvalue weighted by atomic mass is 16.1. The van der Waals surface area contributed by atoms with Gasteiger partial charge in [-0.25, -0.2) is 9.97 Å². The zero-order chi connectivity index (χ0) is 9.80. The van der Waals surface area contributed by atoms with Crippen LogP contribution < -0.4 is 5.32 Å². The molecule has 6 nitrogen and oxygen atoms in total. The van der Waals surface area contributed by atoms with Crippen LogP contribution in [0.5, 0.6) is 0 Å². The topological polar surface area (TPSA) is 83.6 Å². The first kappa shape index (κ1) is 8.36. The molecule has 2 N–H and O–H groups in total. The van der Waals surface area contributed by atoms with Crippen molar-refractivity contribution in [3.05, 3.63) is 36.5 Å². The number of nitrogens with zero attached hydrogens (tertiary/aromatic N) is 3. The fraction of sp³-hybridized carbons (Fsp3) is 0. The minimum Gasteiger partial charge on any atom is -0.306 e. The SMILES string of the molecule is O=C(Nc1ccn[nH]1)c1ccncn1.